The average molecular weight is 413 g/mol. The van der Waals surface area contributed by atoms with Crippen LogP contribution in [-0.2, 0) is 21.2 Å². The smallest absolute Gasteiger partial charge is 0.250 e. The Bertz CT molecular complexity index is 942. The lowest BCUT2D eigenvalue weighted by atomic mass is 10.2. The molecule has 0 aliphatic carbocycles. The van der Waals surface area contributed by atoms with Crippen LogP contribution in [0.4, 0.5) is 11.4 Å². The van der Waals surface area contributed by atoms with Gasteiger partial charge < -0.3 is 4.90 Å². The third-order valence-corrected chi connectivity index (χ3v) is 6.00. The summed E-state index contributed by atoms with van der Waals surface area (Å²) in [6.45, 7) is 2.09. The summed E-state index contributed by atoms with van der Waals surface area (Å²) in [5.41, 5.74) is 2.16. The van der Waals surface area contributed by atoms with E-state index in [0.717, 1.165) is 28.2 Å². The molecule has 0 fully saturated rings. The molecule has 1 aliphatic rings. The third-order valence-electron chi connectivity index (χ3n) is 4.32. The molecule has 0 radical (unpaired) electrons. The van der Waals surface area contributed by atoms with Gasteiger partial charge in [-0.1, -0.05) is 41.4 Å². The van der Waals surface area contributed by atoms with Crippen LogP contribution in [0.2, 0.25) is 10.0 Å². The van der Waals surface area contributed by atoms with E-state index in [0.29, 0.717) is 16.6 Å². The Kier molecular flexibility index (Phi) is 5.19. The molecule has 1 amide bonds. The zero-order valence-electron chi connectivity index (χ0n) is 14.3. The molecule has 0 saturated heterocycles. The first-order chi connectivity index (χ1) is 12.2. The number of anilines is 2. The molecule has 0 bridgehead atoms. The van der Waals surface area contributed by atoms with Gasteiger partial charge in [-0.3, -0.25) is 9.10 Å². The van der Waals surface area contributed by atoms with Gasteiger partial charge in [0.1, 0.15) is 6.04 Å². The zero-order chi connectivity index (χ0) is 19.1. The van der Waals surface area contributed by atoms with Gasteiger partial charge in [-0.2, -0.15) is 0 Å². The lowest BCUT2D eigenvalue weighted by Gasteiger charge is -2.31. The fraction of sp³-hybridized carbons (Fsp3) is 0.278. The van der Waals surface area contributed by atoms with E-state index in [1.165, 1.54) is 18.2 Å². The van der Waals surface area contributed by atoms with Crippen molar-refractivity contribution in [3.8, 4) is 0 Å². The highest BCUT2D eigenvalue weighted by Gasteiger charge is 2.35. The van der Waals surface area contributed by atoms with Crippen LogP contribution in [0.15, 0.2) is 42.5 Å². The zero-order valence-corrected chi connectivity index (χ0v) is 16.6. The molecule has 0 unspecified atom stereocenters. The minimum atomic E-state index is -3.73. The van der Waals surface area contributed by atoms with Gasteiger partial charge in [0.25, 0.3) is 5.91 Å². The van der Waals surface area contributed by atoms with Crippen LogP contribution < -0.4 is 9.21 Å². The van der Waals surface area contributed by atoms with Crippen LogP contribution in [0, 0.1) is 0 Å². The van der Waals surface area contributed by atoms with Gasteiger partial charge >= 0.3 is 0 Å². The van der Waals surface area contributed by atoms with E-state index >= 15 is 0 Å². The average Bonchev–Trinajstić information content (AvgIpc) is 2.96. The largest absolute Gasteiger partial charge is 0.310 e. The van der Waals surface area contributed by atoms with Crippen LogP contribution in [0.3, 0.4) is 0 Å². The molecular weight excluding hydrogens is 395 g/mol. The first-order valence-electron chi connectivity index (χ1n) is 8.03. The van der Waals surface area contributed by atoms with E-state index in [1.807, 2.05) is 24.3 Å². The Labute approximate surface area is 163 Å². The summed E-state index contributed by atoms with van der Waals surface area (Å²) in [7, 11) is -3.73. The van der Waals surface area contributed by atoms with Crippen LogP contribution in [-0.4, -0.2) is 33.2 Å². The van der Waals surface area contributed by atoms with E-state index in [-0.39, 0.29) is 11.6 Å². The molecule has 2 aromatic carbocycles. The number of halogens is 2. The van der Waals surface area contributed by atoms with E-state index in [4.69, 9.17) is 23.2 Å². The second kappa shape index (κ2) is 7.10. The maximum atomic E-state index is 13.1. The van der Waals surface area contributed by atoms with Gasteiger partial charge in [0.15, 0.2) is 0 Å². The topological polar surface area (TPSA) is 57.7 Å². The van der Waals surface area contributed by atoms with Crippen molar-refractivity contribution in [3.05, 3.63) is 58.1 Å². The highest BCUT2D eigenvalue weighted by atomic mass is 35.5. The van der Waals surface area contributed by atoms with Crippen molar-refractivity contribution in [3.63, 3.8) is 0 Å². The predicted octanol–water partition coefficient (Wildman–Crippen LogP) is 3.74. The van der Waals surface area contributed by atoms with Crippen LogP contribution in [0.5, 0.6) is 0 Å². The number of carbonyl (C=O) groups excluding carboxylic acids is 1. The molecule has 1 heterocycles. The normalized spacial score (nSPS) is 14.8. The summed E-state index contributed by atoms with van der Waals surface area (Å²) >= 11 is 12.0. The number of hydrogen-bond acceptors (Lipinski definition) is 3. The Morgan fingerprint density at radius 1 is 1.15 bits per heavy atom. The summed E-state index contributed by atoms with van der Waals surface area (Å²) in [4.78, 5) is 14.7. The summed E-state index contributed by atoms with van der Waals surface area (Å²) < 4.78 is 25.9. The van der Waals surface area contributed by atoms with Crippen molar-refractivity contribution in [1.82, 2.24) is 0 Å². The fourth-order valence-corrected chi connectivity index (χ4v) is 4.93. The van der Waals surface area contributed by atoms with Crippen molar-refractivity contribution < 1.29 is 13.2 Å². The molecule has 8 heteroatoms. The molecule has 1 atom stereocenters. The molecule has 0 N–H and O–H groups in total. The Morgan fingerprint density at radius 2 is 1.77 bits per heavy atom. The number of carbonyl (C=O) groups is 1. The van der Waals surface area contributed by atoms with Crippen LogP contribution >= 0.6 is 23.2 Å². The number of sulfonamides is 1. The van der Waals surface area contributed by atoms with Gasteiger partial charge in [-0.25, -0.2) is 8.42 Å². The summed E-state index contributed by atoms with van der Waals surface area (Å²) in [5, 5.41) is 0.597. The highest BCUT2D eigenvalue weighted by Crippen LogP contribution is 2.32. The van der Waals surface area contributed by atoms with Gasteiger partial charge in [0, 0.05) is 22.3 Å². The quantitative estimate of drug-likeness (QED) is 0.768. The van der Waals surface area contributed by atoms with Crippen molar-refractivity contribution in [1.29, 1.82) is 0 Å². The van der Waals surface area contributed by atoms with E-state index in [2.05, 4.69) is 0 Å². The molecule has 0 aromatic heterocycles. The number of benzene rings is 2. The number of amides is 1. The molecule has 2 aromatic rings. The molecule has 3 rings (SSSR count). The fourth-order valence-electron chi connectivity index (χ4n) is 3.26. The second-order valence-electron chi connectivity index (χ2n) is 6.23. The van der Waals surface area contributed by atoms with Crippen molar-refractivity contribution in [2.45, 2.75) is 19.4 Å². The summed E-state index contributed by atoms with van der Waals surface area (Å²) in [5.74, 6) is -0.295. The summed E-state index contributed by atoms with van der Waals surface area (Å²) in [6, 6.07) is 11.2. The minimum Gasteiger partial charge on any atom is -0.310 e. The minimum absolute atomic E-state index is 0.262. The standard InChI is InChI=1S/C18H18Cl2N2O3S/c1-12(18(23)21-8-7-13-5-3-4-6-17(13)21)22(26(2,24)25)16-10-14(19)9-15(20)11-16/h3-6,9-12H,7-8H2,1-2H3/t12-/m1/s1. The Hall–Kier alpha value is -1.76. The van der Waals surface area contributed by atoms with Gasteiger partial charge in [0.05, 0.1) is 11.9 Å². The number of hydrogen-bond donors (Lipinski definition) is 0. The maximum absolute atomic E-state index is 13.1. The molecular formula is C18H18Cl2N2O3S. The van der Waals surface area contributed by atoms with E-state index in [9.17, 15) is 13.2 Å². The van der Waals surface area contributed by atoms with Crippen molar-refractivity contribution in [2.75, 3.05) is 22.0 Å². The molecule has 26 heavy (non-hydrogen) atoms. The molecule has 138 valence electrons. The molecule has 1 aliphatic heterocycles. The maximum Gasteiger partial charge on any atom is 0.250 e. The Balaban J connectivity index is 1.99. The van der Waals surface area contributed by atoms with Crippen LogP contribution in [0.1, 0.15) is 12.5 Å². The predicted molar refractivity (Wildman–Crippen MR) is 106 cm³/mol. The first-order valence-corrected chi connectivity index (χ1v) is 10.6. The molecule has 5 nitrogen and oxygen atoms in total. The first kappa shape index (κ1) is 19.0. The summed E-state index contributed by atoms with van der Waals surface area (Å²) in [6.07, 6.45) is 1.81. The second-order valence-corrected chi connectivity index (χ2v) is 8.96. The van der Waals surface area contributed by atoms with E-state index < -0.39 is 16.1 Å². The van der Waals surface area contributed by atoms with Gasteiger partial charge in [0.2, 0.25) is 10.0 Å². The van der Waals surface area contributed by atoms with Gasteiger partial charge in [-0.05, 0) is 43.2 Å². The van der Waals surface area contributed by atoms with E-state index in [1.54, 1.807) is 11.8 Å². The van der Waals surface area contributed by atoms with Crippen molar-refractivity contribution in [2.24, 2.45) is 0 Å². The molecule has 0 saturated carbocycles. The SMILES string of the molecule is C[C@H](C(=O)N1CCc2ccccc21)N(c1cc(Cl)cc(Cl)c1)S(C)(=O)=O. The van der Waals surface area contributed by atoms with Crippen molar-refractivity contribution >= 4 is 50.5 Å². The lowest BCUT2D eigenvalue weighted by molar-refractivity contribution is -0.119. The number of nitrogens with zero attached hydrogens (tertiary/aromatic N) is 2. The number of para-hydroxylation sites is 1. The monoisotopic (exact) mass is 412 g/mol. The number of rotatable bonds is 4. The third kappa shape index (κ3) is 3.68. The lowest BCUT2D eigenvalue weighted by Crippen LogP contribution is -2.49. The van der Waals surface area contributed by atoms with Gasteiger partial charge in [-0.15, -0.1) is 0 Å². The Morgan fingerprint density at radius 3 is 2.38 bits per heavy atom. The molecule has 0 spiro atoms. The number of fused-ring (bicyclic) bond motifs is 1. The van der Waals surface area contributed by atoms with Crippen LogP contribution in [0.25, 0.3) is 0 Å². The highest BCUT2D eigenvalue weighted by molar-refractivity contribution is 7.92.